The van der Waals surface area contributed by atoms with Gasteiger partial charge in [0.25, 0.3) is 10.0 Å². The van der Waals surface area contributed by atoms with Gasteiger partial charge in [0.05, 0.1) is 11.0 Å². The van der Waals surface area contributed by atoms with Crippen molar-refractivity contribution in [2.45, 2.75) is 116 Å². The molecule has 0 spiro atoms. The van der Waals surface area contributed by atoms with Gasteiger partial charge in [-0.1, -0.05) is 89.8 Å². The standard InChI is InChI=1S/C27H46O.C12H15N3O2S/c1-18(2)7-6-8-19(3)23-11-12-24-22-10-9-20-17-21(28)13-15-26(20,4)25(22)14-16-27(23,24)5;1-15(2)11-7-3-6-10-9(11)5-4-8-12(10)18(16,17)14-13/h9,18-19,21-25,28H,6-8,10-17H2,1-5H3;3-8,14H,13H2,1-2H3/t19?,21-,22-,23+,24-,25-,26-,27+;/m0./s1. The molecule has 0 aromatic heterocycles. The van der Waals surface area contributed by atoms with E-state index in [1.165, 1.54) is 63.9 Å². The summed E-state index contributed by atoms with van der Waals surface area (Å²) in [6.07, 6.45) is 17.2. The van der Waals surface area contributed by atoms with Crippen molar-refractivity contribution in [2.24, 2.45) is 52.2 Å². The van der Waals surface area contributed by atoms with Crippen molar-refractivity contribution in [1.29, 1.82) is 0 Å². The van der Waals surface area contributed by atoms with Crippen LogP contribution >= 0.6 is 0 Å². The predicted octanol–water partition coefficient (Wildman–Crippen LogP) is 8.45. The van der Waals surface area contributed by atoms with Crippen LogP contribution in [0.2, 0.25) is 0 Å². The van der Waals surface area contributed by atoms with Crippen LogP contribution < -0.4 is 15.6 Å². The zero-order valence-corrected chi connectivity index (χ0v) is 30.4. The molecular formula is C39H61N3O3S. The summed E-state index contributed by atoms with van der Waals surface area (Å²) in [4.78, 5) is 3.98. The van der Waals surface area contributed by atoms with Crippen molar-refractivity contribution in [2.75, 3.05) is 19.0 Å². The fourth-order valence-electron chi connectivity index (χ4n) is 10.6. The van der Waals surface area contributed by atoms with E-state index in [9.17, 15) is 13.5 Å². The Labute approximate surface area is 279 Å². The molecule has 2 aromatic rings. The molecule has 0 bridgehead atoms. The van der Waals surface area contributed by atoms with Gasteiger partial charge in [-0.25, -0.2) is 8.42 Å². The van der Waals surface area contributed by atoms with Gasteiger partial charge in [-0.3, -0.25) is 5.84 Å². The number of allylic oxidation sites excluding steroid dienone is 1. The summed E-state index contributed by atoms with van der Waals surface area (Å²) in [5, 5.41) is 11.7. The van der Waals surface area contributed by atoms with Gasteiger partial charge in [0.2, 0.25) is 0 Å². The van der Waals surface area contributed by atoms with Crippen molar-refractivity contribution >= 4 is 26.5 Å². The zero-order valence-electron chi connectivity index (χ0n) is 29.6. The molecule has 0 heterocycles. The Morgan fingerprint density at radius 1 is 0.957 bits per heavy atom. The van der Waals surface area contributed by atoms with E-state index in [1.54, 1.807) is 17.7 Å². The summed E-state index contributed by atoms with van der Waals surface area (Å²) < 4.78 is 23.7. The number of anilines is 1. The molecule has 4 aliphatic carbocycles. The Morgan fingerprint density at radius 3 is 2.37 bits per heavy atom. The third-order valence-corrected chi connectivity index (χ3v) is 14.3. The first kappa shape index (κ1) is 35.4. The molecule has 1 unspecified atom stereocenters. The van der Waals surface area contributed by atoms with Crippen molar-refractivity contribution in [3.63, 3.8) is 0 Å². The maximum absolute atomic E-state index is 11.8. The van der Waals surface area contributed by atoms with Gasteiger partial charge in [-0.05, 0) is 110 Å². The van der Waals surface area contributed by atoms with Crippen LogP contribution in [0.25, 0.3) is 10.8 Å². The van der Waals surface area contributed by atoms with Crippen LogP contribution in [0.3, 0.4) is 0 Å². The van der Waals surface area contributed by atoms with Gasteiger partial charge < -0.3 is 10.0 Å². The lowest BCUT2D eigenvalue weighted by molar-refractivity contribution is -0.0573. The second-order valence-electron chi connectivity index (χ2n) is 16.3. The first-order valence-electron chi connectivity index (χ1n) is 18.0. The summed E-state index contributed by atoms with van der Waals surface area (Å²) in [5.74, 6) is 10.5. The number of nitrogens with two attached hydrogens (primary N) is 1. The van der Waals surface area contributed by atoms with E-state index in [-0.39, 0.29) is 11.0 Å². The molecule has 256 valence electrons. The highest BCUT2D eigenvalue weighted by Gasteiger charge is 2.59. The largest absolute Gasteiger partial charge is 0.393 e. The molecule has 2 aromatic carbocycles. The van der Waals surface area contributed by atoms with Crippen LogP contribution in [0.15, 0.2) is 52.9 Å². The fraction of sp³-hybridized carbons (Fsp3) is 0.692. The number of fused-ring (bicyclic) bond motifs is 6. The van der Waals surface area contributed by atoms with Crippen LogP contribution in [0.5, 0.6) is 0 Å². The molecule has 0 aliphatic heterocycles. The minimum Gasteiger partial charge on any atom is -0.393 e. The van der Waals surface area contributed by atoms with E-state index >= 15 is 0 Å². The Morgan fingerprint density at radius 2 is 1.67 bits per heavy atom. The first-order chi connectivity index (χ1) is 21.7. The van der Waals surface area contributed by atoms with Crippen molar-refractivity contribution < 1.29 is 13.5 Å². The Bertz CT molecular complexity index is 1500. The second kappa shape index (κ2) is 13.9. The molecule has 0 amide bonds. The number of nitrogens with zero attached hydrogens (tertiary/aromatic N) is 1. The monoisotopic (exact) mass is 651 g/mol. The maximum atomic E-state index is 11.8. The average Bonchev–Trinajstić information content (AvgIpc) is 3.38. The molecular weight excluding hydrogens is 591 g/mol. The minimum atomic E-state index is -3.66. The first-order valence-corrected chi connectivity index (χ1v) is 19.5. The number of benzene rings is 2. The van der Waals surface area contributed by atoms with Gasteiger partial charge in [-0.2, -0.15) is 4.83 Å². The number of hydrogen-bond donors (Lipinski definition) is 3. The second-order valence-corrected chi connectivity index (χ2v) is 18.0. The van der Waals surface area contributed by atoms with E-state index in [0.717, 1.165) is 59.4 Å². The van der Waals surface area contributed by atoms with E-state index in [4.69, 9.17) is 5.84 Å². The normalized spacial score (nSPS) is 32.9. The molecule has 4 N–H and O–H groups in total. The number of rotatable bonds is 8. The zero-order chi connectivity index (χ0) is 33.4. The van der Waals surface area contributed by atoms with Crippen molar-refractivity contribution in [3.05, 3.63) is 48.0 Å². The number of hydrazine groups is 1. The SMILES string of the molecule is CC(C)CCCC(C)[C@H]1CC[C@H]2[C@@H]3CC=C4C[C@@H](O)CC[C@]4(C)[C@H]3CC[C@]12C.CN(C)c1cccc2c(S(=O)(=O)NN)cccc12. The highest BCUT2D eigenvalue weighted by molar-refractivity contribution is 7.89. The highest BCUT2D eigenvalue weighted by Crippen LogP contribution is 2.67. The van der Waals surface area contributed by atoms with E-state index in [0.29, 0.717) is 16.2 Å². The lowest BCUT2D eigenvalue weighted by atomic mass is 9.47. The van der Waals surface area contributed by atoms with E-state index in [1.807, 2.05) is 42.0 Å². The van der Waals surface area contributed by atoms with Crippen LogP contribution in [0.4, 0.5) is 5.69 Å². The van der Waals surface area contributed by atoms with Gasteiger partial charge in [-0.15, -0.1) is 0 Å². The molecule has 6 rings (SSSR count). The summed E-state index contributed by atoms with van der Waals surface area (Å²) in [5.41, 5.74) is 3.56. The number of aliphatic hydroxyl groups is 1. The van der Waals surface area contributed by atoms with E-state index in [2.05, 4.69) is 40.7 Å². The van der Waals surface area contributed by atoms with Crippen LogP contribution in [0, 0.1) is 46.3 Å². The quantitative estimate of drug-likeness (QED) is 0.151. The molecule has 4 aliphatic rings. The topological polar surface area (TPSA) is 95.7 Å². The molecule has 6 nitrogen and oxygen atoms in total. The molecule has 3 saturated carbocycles. The number of hydrogen-bond acceptors (Lipinski definition) is 5. The van der Waals surface area contributed by atoms with Gasteiger partial charge in [0, 0.05) is 30.6 Å². The Hall–Kier alpha value is -1.93. The summed E-state index contributed by atoms with van der Waals surface area (Å²) in [6, 6.07) is 10.7. The van der Waals surface area contributed by atoms with E-state index < -0.39 is 10.0 Å². The lowest BCUT2D eigenvalue weighted by Crippen LogP contribution is -2.50. The van der Waals surface area contributed by atoms with Gasteiger partial charge in [0.1, 0.15) is 0 Å². The Balaban J connectivity index is 0.000000200. The fourth-order valence-corrected chi connectivity index (χ4v) is 11.5. The molecule has 0 radical (unpaired) electrons. The van der Waals surface area contributed by atoms with Crippen molar-refractivity contribution in [3.8, 4) is 0 Å². The van der Waals surface area contributed by atoms with Crippen molar-refractivity contribution in [1.82, 2.24) is 4.83 Å². The smallest absolute Gasteiger partial charge is 0.253 e. The molecule has 0 saturated heterocycles. The third-order valence-electron chi connectivity index (χ3n) is 13.1. The number of nitrogens with one attached hydrogen (secondary N) is 1. The van der Waals surface area contributed by atoms with Gasteiger partial charge in [0.15, 0.2) is 0 Å². The van der Waals surface area contributed by atoms with Gasteiger partial charge >= 0.3 is 0 Å². The minimum absolute atomic E-state index is 0.0766. The molecule has 7 heteroatoms. The maximum Gasteiger partial charge on any atom is 0.253 e. The number of aliphatic hydroxyl groups excluding tert-OH is 1. The van der Waals surface area contributed by atoms with Crippen LogP contribution in [0.1, 0.15) is 105 Å². The highest BCUT2D eigenvalue weighted by atomic mass is 32.2. The van der Waals surface area contributed by atoms with Crippen LogP contribution in [-0.2, 0) is 10.0 Å². The number of sulfonamides is 1. The predicted molar refractivity (Wildman–Crippen MR) is 192 cm³/mol. The average molecular weight is 652 g/mol. The molecule has 46 heavy (non-hydrogen) atoms. The summed E-state index contributed by atoms with van der Waals surface area (Å²) in [7, 11) is 0.170. The summed E-state index contributed by atoms with van der Waals surface area (Å²) >= 11 is 0. The van der Waals surface area contributed by atoms with Crippen LogP contribution in [-0.4, -0.2) is 33.7 Å². The third kappa shape index (κ3) is 6.68. The Kier molecular flexibility index (Phi) is 10.7. The summed E-state index contributed by atoms with van der Waals surface area (Å²) in [6.45, 7) is 12.6. The lowest BCUT2D eigenvalue weighted by Gasteiger charge is -2.58. The molecule has 8 atom stereocenters. The molecule has 3 fully saturated rings.